The van der Waals surface area contributed by atoms with Gasteiger partial charge in [0.1, 0.15) is 39.1 Å². The molecule has 3 heterocycles. The van der Waals surface area contributed by atoms with Crippen LogP contribution in [0.4, 0.5) is 50.3 Å². The van der Waals surface area contributed by atoms with Gasteiger partial charge in [0.2, 0.25) is 43.7 Å². The first-order chi connectivity index (χ1) is 69.1. The van der Waals surface area contributed by atoms with Crippen LogP contribution >= 0.6 is 11.8 Å². The number of H-pyrrole nitrogens is 2. The number of carboxylic acids is 1. The lowest BCUT2D eigenvalue weighted by Crippen LogP contribution is -2.55. The SMILES string of the molecule is CC(=O)NCC(O)CNC(C)=O.CNC(=O)COCC(=O)NC.CNC(=O)NC(CSC)C(=O)O.CNC(=O)NCCN(CCN(CCNC(=O)NC)C(=O)Nc1nn[nH]n1)C(=O)Nc1nn[nH]n1.CNC(=O)OCCn1c(=O)n(CCOC(=O)NC)c(=O)n(CCOC(=O)NC)c1=O.CNC(=O)c1ccc(C(=O)NC)cc1.CNS(=O)(=O)NCC(O)CNS(=O)(=O)NC.CS(=O)(=O)NCCOCCOCCNS(C)(=O)=O. The van der Waals surface area contributed by atoms with Crippen LogP contribution in [0.15, 0.2) is 38.6 Å². The van der Waals surface area contributed by atoms with Gasteiger partial charge in [0.15, 0.2) is 0 Å². The number of sulfonamides is 2. The summed E-state index contributed by atoms with van der Waals surface area (Å²) < 4.78 is 130. The Kier molecular flexibility index (Phi) is 76.8. The summed E-state index contributed by atoms with van der Waals surface area (Å²) in [5, 5.41) is 93.4. The molecule has 0 saturated heterocycles. The molecule has 0 fully saturated rings. The summed E-state index contributed by atoms with van der Waals surface area (Å²) >= 11 is 1.37. The molecule has 0 bridgehead atoms. The van der Waals surface area contributed by atoms with Crippen LogP contribution in [-0.4, -0.2) is 469 Å². The number of rotatable bonds is 53. The van der Waals surface area contributed by atoms with Crippen LogP contribution in [0.25, 0.3) is 0 Å². The highest BCUT2D eigenvalue weighted by molar-refractivity contribution is 7.98. The molecule has 840 valence electrons. The Hall–Kier alpha value is -14.1. The number of hydrogen-bond acceptors (Lipinski definition) is 41. The van der Waals surface area contributed by atoms with E-state index in [1.807, 2.05) is 18.9 Å². The minimum atomic E-state index is -3.63. The maximum absolute atomic E-state index is 12.7. The van der Waals surface area contributed by atoms with Gasteiger partial charge in [-0.05, 0) is 40.9 Å². The molecule has 71 nitrogen and oxygen atoms in total. The second kappa shape index (κ2) is 81.2. The number of aliphatic hydroxyl groups excluding tert-OH is 2. The molecular formula is C71H136N36O35S5. The van der Waals surface area contributed by atoms with Crippen LogP contribution in [0.2, 0.25) is 0 Å². The summed E-state index contributed by atoms with van der Waals surface area (Å²) in [5.41, 5.74) is -1.85. The van der Waals surface area contributed by atoms with Gasteiger partial charge in [-0.25, -0.2) is 107 Å². The number of anilines is 2. The Morgan fingerprint density at radius 2 is 0.755 bits per heavy atom. The van der Waals surface area contributed by atoms with Crippen molar-refractivity contribution in [2.45, 2.75) is 51.7 Å². The van der Waals surface area contributed by atoms with Gasteiger partial charge in [-0.2, -0.15) is 48.5 Å². The molecule has 0 aliphatic rings. The number of thioether (sulfide) groups is 1. The van der Waals surface area contributed by atoms with Crippen LogP contribution in [0.5, 0.6) is 0 Å². The van der Waals surface area contributed by atoms with E-state index in [9.17, 15) is 125 Å². The van der Waals surface area contributed by atoms with E-state index < -0.39 is 130 Å². The van der Waals surface area contributed by atoms with E-state index in [0.29, 0.717) is 43.8 Å². The number of tetrazole rings is 2. The van der Waals surface area contributed by atoms with E-state index >= 15 is 0 Å². The number of carbonyl (C=O) groups excluding carboxylic acids is 14. The predicted octanol–water partition coefficient (Wildman–Crippen LogP) is -14.0. The molecular weight excluding hydrogens is 2080 g/mol. The monoisotopic (exact) mass is 2210 g/mol. The molecule has 0 saturated carbocycles. The lowest BCUT2D eigenvalue weighted by molar-refractivity contribution is -0.138. The largest absolute Gasteiger partial charge is 0.480 e. The zero-order chi connectivity index (χ0) is 113. The number of ether oxygens (including phenoxy) is 6. The molecule has 1 atom stereocenters. The van der Waals surface area contributed by atoms with E-state index in [2.05, 4.69) is 141 Å². The maximum atomic E-state index is 12.7. The van der Waals surface area contributed by atoms with E-state index in [-0.39, 0.29) is 192 Å². The number of carbonyl (C=O) groups is 15. The molecule has 1 unspecified atom stereocenters. The number of benzene rings is 1. The number of aromatic amines is 2. The van der Waals surface area contributed by atoms with Crippen molar-refractivity contribution in [2.24, 2.45) is 0 Å². The molecule has 0 aliphatic carbocycles. The van der Waals surface area contributed by atoms with Gasteiger partial charge >= 0.3 is 71.5 Å². The Morgan fingerprint density at radius 1 is 0.422 bits per heavy atom. The third kappa shape index (κ3) is 74.5. The third-order valence-corrected chi connectivity index (χ3v) is 20.4. The van der Waals surface area contributed by atoms with Gasteiger partial charge in [-0.3, -0.25) is 39.4 Å². The van der Waals surface area contributed by atoms with Crippen molar-refractivity contribution in [1.82, 2.24) is 173 Å². The molecule has 147 heavy (non-hydrogen) atoms. The Morgan fingerprint density at radius 3 is 1.02 bits per heavy atom. The molecule has 0 aliphatic heterocycles. The second-order valence-corrected chi connectivity index (χ2v) is 35.3. The number of nitrogens with one attached hydrogen (secondary N) is 25. The summed E-state index contributed by atoms with van der Waals surface area (Å²) in [6.07, 6.45) is -0.264. The first-order valence-corrected chi connectivity index (χ1v) is 50.8. The number of likely N-dealkylation sites (N-methyl/N-ethyl adjacent to an activating group) is 2. The van der Waals surface area contributed by atoms with Gasteiger partial charge in [-0.1, -0.05) is 10.2 Å². The predicted molar refractivity (Wildman–Crippen MR) is 523 cm³/mol. The summed E-state index contributed by atoms with van der Waals surface area (Å²) in [6, 6.07) is 3.17. The van der Waals surface area contributed by atoms with Crippen LogP contribution < -0.4 is 136 Å². The van der Waals surface area contributed by atoms with Gasteiger partial charge in [0.05, 0.1) is 70.8 Å². The van der Waals surface area contributed by atoms with E-state index in [0.717, 1.165) is 12.5 Å². The number of aliphatic carboxylic acids is 1. The number of nitrogens with zero attached hydrogens (tertiary/aromatic N) is 11. The number of hydrogen-bond donors (Lipinski definition) is 28. The first kappa shape index (κ1) is 139. The fourth-order valence-corrected chi connectivity index (χ4v) is 11.3. The van der Waals surface area contributed by atoms with Gasteiger partial charge in [0, 0.05) is 194 Å². The first-order valence-electron chi connectivity index (χ1n) is 42.6. The topological polar surface area (TPSA) is 967 Å². The highest BCUT2D eigenvalue weighted by Gasteiger charge is 2.24. The molecule has 0 spiro atoms. The number of aliphatic hydroxyl groups is 2. The quantitative estimate of drug-likeness (QED) is 0.0144. The van der Waals surface area contributed by atoms with Crippen molar-refractivity contribution in [3.63, 3.8) is 0 Å². The van der Waals surface area contributed by atoms with Crippen molar-refractivity contribution >= 4 is 154 Å². The Balaban J connectivity index is -0.000000825. The normalized spacial score (nSPS) is 10.7. The van der Waals surface area contributed by atoms with E-state index in [1.54, 1.807) is 44.6 Å². The average molecular weight is 2210 g/mol. The second-order valence-electron chi connectivity index (χ2n) is 27.3. The average Bonchev–Trinajstić information content (AvgIpc) is 1.09. The molecule has 0 radical (unpaired) electrons. The molecule has 1 aromatic carbocycles. The van der Waals surface area contributed by atoms with Crippen molar-refractivity contribution in [3.05, 3.63) is 66.8 Å². The summed E-state index contributed by atoms with van der Waals surface area (Å²) in [6.45, 7) is 2.52. The lowest BCUT2D eigenvalue weighted by atomic mass is 10.1. The minimum absolute atomic E-state index is 0.0456. The molecule has 4 aromatic rings. The Bertz CT molecular complexity index is 4900. The minimum Gasteiger partial charge on any atom is -0.480 e. The zero-order valence-electron chi connectivity index (χ0n) is 83.6. The van der Waals surface area contributed by atoms with Crippen LogP contribution in [-0.2, 0) is 112 Å². The molecule has 28 N–H and O–H groups in total. The van der Waals surface area contributed by atoms with Gasteiger partial charge in [-0.15, -0.1) is 10.2 Å². The Labute approximate surface area is 848 Å². The van der Waals surface area contributed by atoms with Crippen molar-refractivity contribution in [1.29, 1.82) is 0 Å². The van der Waals surface area contributed by atoms with Crippen molar-refractivity contribution < 1.29 is 149 Å². The lowest BCUT2D eigenvalue weighted by Gasteiger charge is -2.27. The number of carboxylic acid groups (broad SMARTS) is 1. The molecule has 4 rings (SSSR count). The van der Waals surface area contributed by atoms with Crippen LogP contribution in [0.3, 0.4) is 0 Å². The van der Waals surface area contributed by atoms with Crippen molar-refractivity contribution in [2.75, 3.05) is 258 Å². The van der Waals surface area contributed by atoms with E-state index in [4.69, 9.17) is 38.6 Å². The maximum Gasteiger partial charge on any atom is 0.406 e. The highest BCUT2D eigenvalue weighted by Crippen LogP contribution is 2.06. The third-order valence-electron chi connectivity index (χ3n) is 16.1. The fourth-order valence-electron chi connectivity index (χ4n) is 8.76. The summed E-state index contributed by atoms with van der Waals surface area (Å²) in [5.74, 6) is -1.94. The smallest absolute Gasteiger partial charge is 0.406 e. The molecule has 3 aromatic heterocycles. The van der Waals surface area contributed by atoms with Gasteiger partial charge < -0.3 is 133 Å². The summed E-state index contributed by atoms with van der Waals surface area (Å²) in [4.78, 5) is 207. The molecule has 19 amide bonds. The standard InChI is InChI=1S/C15H24N6O9.C14H26N16O4.C10H12N2O2.C8H20N2O6S2.C7H14N2O3.C6H12N2O3S.C6H12N2O3.C5H16N4O5S2/c1-16-10(22)28-7-4-19-13(25)20(5-8-29-11(23)17-2)15(27)21(14(19)26)6-9-30-12(24)18-3;1-15-11(31)17-3-5-29(13(33)19-9-21-25-26-22-9)7-8-30(6-4-18-12(32)16-2)14(34)20-10-23-27-28-24-10;1-11-9(13)7-3-5-8(6-4-7)10(14)12-2;1-17(11,12)9-3-5-15-7-8-16-6-4-10-18(2,13)14;1-5(10)8-3-7(12)4-9-6(2)11;1-7-6(11)8-4(3-12-2)5(9)10;1-7-5(9)3-11-4-6(10)8-2;1-6-15(11,12)8-3-5(10)4-9-16(13,14)7-2/h4-9H2,1-3H3,(H,16,22)(H,17,23)(H,18,24);3-8H2,1-2H3,(H2,15,17,31)(H2,16,18,32)(H2,19,21,22,25,26,33)(H2,20,23,24,27,28,34);3-6H,1-2H3,(H,11,13)(H,12,14);9-10H,3-8H2,1-2H3;7,12H,3-4H2,1-2H3,(H,8,10)(H,9,11);4H,3H2,1-2H3,(H,9,10)(H2,7,8,11);3-4H2,1-2H3,(H,7,9)(H,8,10);5-10H,3-4H2,1-2H3. The number of alkyl carbamates (subject to hydrolysis) is 3. The van der Waals surface area contributed by atoms with E-state index in [1.165, 1.54) is 106 Å². The number of amides is 19. The molecule has 76 heteroatoms. The zero-order valence-corrected chi connectivity index (χ0v) is 87.7. The number of aromatic nitrogens is 11. The van der Waals surface area contributed by atoms with Crippen LogP contribution in [0.1, 0.15) is 34.6 Å². The van der Waals surface area contributed by atoms with Crippen molar-refractivity contribution in [3.8, 4) is 0 Å². The van der Waals surface area contributed by atoms with Crippen LogP contribution in [0, 0.1) is 0 Å². The van der Waals surface area contributed by atoms with Gasteiger partial charge in [0.25, 0.3) is 44.1 Å². The number of urea groups is 5. The summed E-state index contributed by atoms with van der Waals surface area (Å²) in [7, 11) is 3.32. The highest BCUT2D eigenvalue weighted by atomic mass is 32.2. The fraction of sp³-hybridized carbons (Fsp3) is 0.634.